The topological polar surface area (TPSA) is 54.5 Å². The number of ketones is 2. The van der Waals surface area contributed by atoms with Crippen molar-refractivity contribution >= 4 is 34.8 Å². The molecule has 5 heteroatoms. The minimum atomic E-state index is -0.828. The molecule has 0 bridgehead atoms. The third-order valence-corrected chi connectivity index (χ3v) is 5.03. The van der Waals surface area contributed by atoms with E-state index in [2.05, 4.69) is 0 Å². The van der Waals surface area contributed by atoms with Gasteiger partial charge < -0.3 is 4.90 Å². The summed E-state index contributed by atoms with van der Waals surface area (Å²) in [5.74, 6) is -1.98. The van der Waals surface area contributed by atoms with Gasteiger partial charge in [-0.05, 0) is 49.9 Å². The molecule has 1 saturated heterocycles. The molecule has 1 amide bonds. The molecular formula is C17H18ClNO3. The van der Waals surface area contributed by atoms with E-state index in [1.807, 2.05) is 0 Å². The van der Waals surface area contributed by atoms with E-state index in [9.17, 15) is 14.4 Å². The highest BCUT2D eigenvalue weighted by molar-refractivity contribution is 6.48. The SMILES string of the molecule is CC(=O)C1C(=O)C(=O)N(c2ccc(Cl)cc2)C1C1CCCC1. The van der Waals surface area contributed by atoms with E-state index in [0.29, 0.717) is 10.7 Å². The molecule has 0 N–H and O–H groups in total. The van der Waals surface area contributed by atoms with Crippen molar-refractivity contribution in [2.45, 2.75) is 38.6 Å². The van der Waals surface area contributed by atoms with E-state index < -0.39 is 17.6 Å². The Morgan fingerprint density at radius 3 is 2.27 bits per heavy atom. The maximum atomic E-state index is 12.5. The summed E-state index contributed by atoms with van der Waals surface area (Å²) in [7, 11) is 0. The minimum Gasteiger partial charge on any atom is -0.301 e. The summed E-state index contributed by atoms with van der Waals surface area (Å²) in [5.41, 5.74) is 0.642. The number of carbonyl (C=O) groups is 3. The molecule has 1 heterocycles. The fourth-order valence-electron chi connectivity index (χ4n) is 3.79. The Morgan fingerprint density at radius 2 is 1.73 bits per heavy atom. The lowest BCUT2D eigenvalue weighted by atomic mass is 9.85. The second-order valence-corrected chi connectivity index (χ2v) is 6.58. The highest BCUT2D eigenvalue weighted by Gasteiger charge is 2.53. The summed E-state index contributed by atoms with van der Waals surface area (Å²) in [5, 5.41) is 0.572. The summed E-state index contributed by atoms with van der Waals surface area (Å²) < 4.78 is 0. The van der Waals surface area contributed by atoms with Crippen molar-refractivity contribution in [3.05, 3.63) is 29.3 Å². The number of rotatable bonds is 3. The third-order valence-electron chi connectivity index (χ3n) is 4.78. The molecule has 4 nitrogen and oxygen atoms in total. The zero-order chi connectivity index (χ0) is 15.9. The first kappa shape index (κ1) is 15.2. The number of benzene rings is 1. The van der Waals surface area contributed by atoms with Gasteiger partial charge in [0.2, 0.25) is 5.78 Å². The second-order valence-electron chi connectivity index (χ2n) is 6.14. The van der Waals surface area contributed by atoms with Crippen LogP contribution in [-0.2, 0) is 14.4 Å². The van der Waals surface area contributed by atoms with Crippen LogP contribution in [0.2, 0.25) is 5.02 Å². The van der Waals surface area contributed by atoms with Crippen molar-refractivity contribution in [3.8, 4) is 0 Å². The molecule has 2 atom stereocenters. The van der Waals surface area contributed by atoms with Gasteiger partial charge in [-0.3, -0.25) is 14.4 Å². The van der Waals surface area contributed by atoms with Crippen LogP contribution in [0.15, 0.2) is 24.3 Å². The lowest BCUT2D eigenvalue weighted by Crippen LogP contribution is -2.42. The van der Waals surface area contributed by atoms with Crippen molar-refractivity contribution in [2.75, 3.05) is 4.90 Å². The Labute approximate surface area is 134 Å². The summed E-state index contributed by atoms with van der Waals surface area (Å²) >= 11 is 5.90. The van der Waals surface area contributed by atoms with Crippen molar-refractivity contribution in [3.63, 3.8) is 0 Å². The number of hydrogen-bond acceptors (Lipinski definition) is 3. The molecule has 2 aliphatic rings. The number of halogens is 1. The monoisotopic (exact) mass is 319 g/mol. The first-order valence-corrected chi connectivity index (χ1v) is 8.02. The minimum absolute atomic E-state index is 0.208. The van der Waals surface area contributed by atoms with Crippen molar-refractivity contribution in [1.82, 2.24) is 0 Å². The summed E-state index contributed by atoms with van der Waals surface area (Å²) in [6.07, 6.45) is 4.09. The van der Waals surface area contributed by atoms with Crippen LogP contribution in [0.5, 0.6) is 0 Å². The Bertz CT molecular complexity index is 619. The second kappa shape index (κ2) is 5.84. The molecule has 116 valence electrons. The quantitative estimate of drug-likeness (QED) is 0.635. The molecule has 1 aliphatic carbocycles. The largest absolute Gasteiger partial charge is 0.301 e. The van der Waals surface area contributed by atoms with Gasteiger partial charge in [0.15, 0.2) is 0 Å². The van der Waals surface area contributed by atoms with Crippen molar-refractivity contribution in [2.24, 2.45) is 11.8 Å². The van der Waals surface area contributed by atoms with Gasteiger partial charge in [0, 0.05) is 10.7 Å². The van der Waals surface area contributed by atoms with Crippen LogP contribution in [0.25, 0.3) is 0 Å². The number of hydrogen-bond donors (Lipinski definition) is 0. The van der Waals surface area contributed by atoms with E-state index in [4.69, 9.17) is 11.6 Å². The first-order chi connectivity index (χ1) is 10.5. The van der Waals surface area contributed by atoms with E-state index >= 15 is 0 Å². The van der Waals surface area contributed by atoms with Crippen LogP contribution in [0.1, 0.15) is 32.6 Å². The van der Waals surface area contributed by atoms with Gasteiger partial charge in [0.1, 0.15) is 11.7 Å². The van der Waals surface area contributed by atoms with Crippen molar-refractivity contribution < 1.29 is 14.4 Å². The average Bonchev–Trinajstić information content (AvgIpc) is 3.08. The summed E-state index contributed by atoms with van der Waals surface area (Å²) in [4.78, 5) is 38.3. The highest BCUT2D eigenvalue weighted by atomic mass is 35.5. The van der Waals surface area contributed by atoms with Gasteiger partial charge in [0.25, 0.3) is 5.91 Å². The third kappa shape index (κ3) is 2.45. The van der Waals surface area contributed by atoms with Crippen LogP contribution in [0.4, 0.5) is 5.69 Å². The van der Waals surface area contributed by atoms with Crippen LogP contribution in [0.3, 0.4) is 0 Å². The Kier molecular flexibility index (Phi) is 4.04. The van der Waals surface area contributed by atoms with Gasteiger partial charge in [0.05, 0.1) is 6.04 Å². The standard InChI is InChI=1S/C17H18ClNO3/c1-10(20)14-15(11-4-2-3-5-11)19(17(22)16(14)21)13-8-6-12(18)7-9-13/h6-9,11,14-15H,2-5H2,1H3. The predicted molar refractivity (Wildman–Crippen MR) is 83.9 cm³/mol. The van der Waals surface area contributed by atoms with E-state index in [0.717, 1.165) is 25.7 Å². The number of nitrogens with zero attached hydrogens (tertiary/aromatic N) is 1. The zero-order valence-corrected chi connectivity index (χ0v) is 13.2. The molecular weight excluding hydrogens is 302 g/mol. The van der Waals surface area contributed by atoms with Gasteiger partial charge in [-0.1, -0.05) is 24.4 Å². The van der Waals surface area contributed by atoms with Crippen LogP contribution in [-0.4, -0.2) is 23.5 Å². The van der Waals surface area contributed by atoms with Crippen LogP contribution in [0, 0.1) is 11.8 Å². The van der Waals surface area contributed by atoms with Gasteiger partial charge in [-0.15, -0.1) is 0 Å². The highest BCUT2D eigenvalue weighted by Crippen LogP contribution is 2.40. The molecule has 1 aromatic carbocycles. The van der Waals surface area contributed by atoms with Crippen LogP contribution < -0.4 is 4.90 Å². The molecule has 0 radical (unpaired) electrons. The Balaban J connectivity index is 2.04. The summed E-state index contributed by atoms with van der Waals surface area (Å²) in [6, 6.07) is 6.51. The zero-order valence-electron chi connectivity index (χ0n) is 12.4. The van der Waals surface area contributed by atoms with E-state index in [1.54, 1.807) is 24.3 Å². The molecule has 2 unspecified atom stereocenters. The van der Waals surface area contributed by atoms with E-state index in [1.165, 1.54) is 11.8 Å². The van der Waals surface area contributed by atoms with Crippen LogP contribution >= 0.6 is 11.6 Å². The fraction of sp³-hybridized carbons (Fsp3) is 0.471. The average molecular weight is 320 g/mol. The molecule has 0 spiro atoms. The lowest BCUT2D eigenvalue weighted by Gasteiger charge is -2.31. The maximum absolute atomic E-state index is 12.5. The smallest absolute Gasteiger partial charge is 0.295 e. The van der Waals surface area contributed by atoms with E-state index in [-0.39, 0.29) is 17.7 Å². The fourth-order valence-corrected chi connectivity index (χ4v) is 3.92. The predicted octanol–water partition coefficient (Wildman–Crippen LogP) is 3.02. The first-order valence-electron chi connectivity index (χ1n) is 7.64. The van der Waals surface area contributed by atoms with Gasteiger partial charge in [-0.25, -0.2) is 0 Å². The van der Waals surface area contributed by atoms with Crippen molar-refractivity contribution in [1.29, 1.82) is 0 Å². The molecule has 3 rings (SSSR count). The Morgan fingerprint density at radius 1 is 1.14 bits per heavy atom. The molecule has 22 heavy (non-hydrogen) atoms. The molecule has 2 fully saturated rings. The lowest BCUT2D eigenvalue weighted by molar-refractivity contribution is -0.138. The number of carbonyl (C=O) groups excluding carboxylic acids is 3. The summed E-state index contributed by atoms with van der Waals surface area (Å²) in [6.45, 7) is 1.41. The maximum Gasteiger partial charge on any atom is 0.295 e. The molecule has 1 aliphatic heterocycles. The number of anilines is 1. The number of amides is 1. The van der Waals surface area contributed by atoms with Gasteiger partial charge in [-0.2, -0.15) is 0 Å². The molecule has 1 saturated carbocycles. The Hall–Kier alpha value is -1.68. The molecule has 0 aromatic heterocycles. The number of Topliss-reactive ketones (excluding diaryl/α,β-unsaturated/α-hetero) is 2. The van der Waals surface area contributed by atoms with Gasteiger partial charge >= 0.3 is 0 Å². The normalized spacial score (nSPS) is 26.0. The molecule has 1 aromatic rings.